The molecule has 0 fully saturated rings. The van der Waals surface area contributed by atoms with E-state index in [2.05, 4.69) is 5.32 Å². The lowest BCUT2D eigenvalue weighted by atomic mass is 10.0. The number of hydrogen-bond acceptors (Lipinski definition) is 4. The molecule has 3 rings (SSSR count). The van der Waals surface area contributed by atoms with Gasteiger partial charge in [0.25, 0.3) is 0 Å². The Bertz CT molecular complexity index is 1450. The highest BCUT2D eigenvalue weighted by molar-refractivity contribution is 7.92. The number of nitrogens with one attached hydrogen (secondary N) is 1. The largest absolute Gasteiger partial charge is 0.350 e. The van der Waals surface area contributed by atoms with Gasteiger partial charge in [-0.3, -0.25) is 13.9 Å². The first kappa shape index (κ1) is 30.9. The minimum absolute atomic E-state index is 0.153. The van der Waals surface area contributed by atoms with Gasteiger partial charge in [0.2, 0.25) is 21.8 Å². The van der Waals surface area contributed by atoms with Crippen LogP contribution in [0.25, 0.3) is 0 Å². The second-order valence-electron chi connectivity index (χ2n) is 11.5. The molecule has 8 heteroatoms. The highest BCUT2D eigenvalue weighted by Crippen LogP contribution is 2.25. The zero-order valence-corrected chi connectivity index (χ0v) is 25.4. The zero-order chi connectivity index (χ0) is 29.7. The summed E-state index contributed by atoms with van der Waals surface area (Å²) >= 11 is 0. The van der Waals surface area contributed by atoms with Gasteiger partial charge in [0, 0.05) is 18.5 Å². The molecule has 1 atom stereocenters. The molecule has 0 aliphatic heterocycles. The van der Waals surface area contributed by atoms with Crippen LogP contribution in [0.1, 0.15) is 48.6 Å². The molecular formula is C32H41N3O4S. The summed E-state index contributed by atoms with van der Waals surface area (Å²) in [5.41, 5.74) is 4.42. The monoisotopic (exact) mass is 563 g/mol. The molecule has 2 amide bonds. The number of amides is 2. The zero-order valence-electron chi connectivity index (χ0n) is 24.6. The molecule has 0 bridgehead atoms. The van der Waals surface area contributed by atoms with E-state index in [4.69, 9.17) is 0 Å². The van der Waals surface area contributed by atoms with Crippen LogP contribution in [0.2, 0.25) is 0 Å². The van der Waals surface area contributed by atoms with Crippen molar-refractivity contribution in [2.45, 2.75) is 66.1 Å². The first-order valence-electron chi connectivity index (χ1n) is 13.4. The Labute approximate surface area is 239 Å². The van der Waals surface area contributed by atoms with Gasteiger partial charge in [0.15, 0.2) is 0 Å². The van der Waals surface area contributed by atoms with Crippen LogP contribution in [-0.4, -0.2) is 49.5 Å². The Morgan fingerprint density at radius 2 is 1.48 bits per heavy atom. The molecule has 0 spiro atoms. The quantitative estimate of drug-likeness (QED) is 0.379. The van der Waals surface area contributed by atoms with Gasteiger partial charge in [-0.2, -0.15) is 0 Å². The number of anilines is 1. The molecule has 0 radical (unpaired) electrons. The van der Waals surface area contributed by atoms with Crippen molar-refractivity contribution < 1.29 is 18.0 Å². The summed E-state index contributed by atoms with van der Waals surface area (Å²) in [5.74, 6) is -0.758. The third-order valence-corrected chi connectivity index (χ3v) is 7.63. The van der Waals surface area contributed by atoms with Gasteiger partial charge < -0.3 is 10.2 Å². The van der Waals surface area contributed by atoms with Crippen molar-refractivity contribution in [3.63, 3.8) is 0 Å². The fourth-order valence-corrected chi connectivity index (χ4v) is 5.60. The minimum Gasteiger partial charge on any atom is -0.350 e. The van der Waals surface area contributed by atoms with E-state index in [0.29, 0.717) is 5.69 Å². The van der Waals surface area contributed by atoms with Crippen molar-refractivity contribution in [1.29, 1.82) is 0 Å². The number of aryl methyl sites for hydroxylation is 3. The van der Waals surface area contributed by atoms with Crippen molar-refractivity contribution in [2.75, 3.05) is 17.1 Å². The second kappa shape index (κ2) is 12.7. The lowest BCUT2D eigenvalue weighted by Crippen LogP contribution is -2.56. The molecule has 214 valence electrons. The number of carbonyl (C=O) groups excluding carboxylic acids is 2. The maximum Gasteiger partial charge on any atom is 0.244 e. The van der Waals surface area contributed by atoms with Crippen LogP contribution in [0.15, 0.2) is 72.8 Å². The van der Waals surface area contributed by atoms with Crippen molar-refractivity contribution in [2.24, 2.45) is 0 Å². The van der Waals surface area contributed by atoms with Crippen LogP contribution >= 0.6 is 0 Å². The molecule has 0 saturated carbocycles. The average molecular weight is 564 g/mol. The third-order valence-electron chi connectivity index (χ3n) is 6.50. The molecule has 1 N–H and O–H groups in total. The normalized spacial score (nSPS) is 12.5. The van der Waals surface area contributed by atoms with Gasteiger partial charge >= 0.3 is 0 Å². The van der Waals surface area contributed by atoms with Gasteiger partial charge in [-0.15, -0.1) is 0 Å². The van der Waals surface area contributed by atoms with E-state index in [1.54, 1.807) is 6.07 Å². The van der Waals surface area contributed by atoms with Gasteiger partial charge in [0.05, 0.1) is 11.9 Å². The molecule has 0 saturated heterocycles. The predicted octanol–water partition coefficient (Wildman–Crippen LogP) is 4.93. The standard InChI is InChI=1S/C32H41N3O4S/c1-23-12-11-15-27(19-23)21-34(29(31(37)33-32(4,5)6)20-26-13-9-8-10-14-26)30(36)22-35(40(7,38)39)28-17-16-24(2)18-25(28)3/h8-19,29H,20-22H2,1-7H3,(H,33,37)/t29-/m0/s1. The maximum absolute atomic E-state index is 14.2. The van der Waals surface area contributed by atoms with Crippen LogP contribution in [0.4, 0.5) is 5.69 Å². The SMILES string of the molecule is Cc1cccc(CN(C(=O)CN(c2ccc(C)cc2C)S(C)(=O)=O)[C@@H](Cc2ccccc2)C(=O)NC(C)(C)C)c1. The Balaban J connectivity index is 2.09. The van der Waals surface area contributed by atoms with Crippen molar-refractivity contribution in [3.8, 4) is 0 Å². The van der Waals surface area contributed by atoms with Crippen molar-refractivity contribution in [1.82, 2.24) is 10.2 Å². The molecule has 0 aliphatic carbocycles. The average Bonchev–Trinajstić information content (AvgIpc) is 2.84. The number of sulfonamides is 1. The van der Waals surface area contributed by atoms with E-state index in [9.17, 15) is 18.0 Å². The number of rotatable bonds is 10. The Morgan fingerprint density at radius 1 is 0.850 bits per heavy atom. The van der Waals surface area contributed by atoms with Crippen LogP contribution in [0, 0.1) is 20.8 Å². The van der Waals surface area contributed by atoms with Crippen LogP contribution in [0.3, 0.4) is 0 Å². The molecule has 0 aromatic heterocycles. The number of carbonyl (C=O) groups is 2. The number of benzene rings is 3. The summed E-state index contributed by atoms with van der Waals surface area (Å²) in [4.78, 5) is 29.5. The smallest absolute Gasteiger partial charge is 0.244 e. The summed E-state index contributed by atoms with van der Waals surface area (Å²) < 4.78 is 27.1. The molecule has 0 unspecified atom stereocenters. The van der Waals surface area contributed by atoms with Gasteiger partial charge in [-0.25, -0.2) is 8.42 Å². The van der Waals surface area contributed by atoms with E-state index in [0.717, 1.165) is 38.4 Å². The Hall–Kier alpha value is -3.65. The summed E-state index contributed by atoms with van der Waals surface area (Å²) in [6.07, 6.45) is 1.38. The van der Waals surface area contributed by atoms with Gasteiger partial charge in [-0.1, -0.05) is 77.9 Å². The van der Waals surface area contributed by atoms with E-state index in [1.807, 2.05) is 108 Å². The Morgan fingerprint density at radius 3 is 2.05 bits per heavy atom. The fourth-order valence-electron chi connectivity index (χ4n) is 4.69. The number of nitrogens with zero attached hydrogens (tertiary/aromatic N) is 2. The van der Waals surface area contributed by atoms with E-state index >= 15 is 0 Å². The molecule has 3 aromatic carbocycles. The molecule has 0 aliphatic rings. The van der Waals surface area contributed by atoms with E-state index in [1.165, 1.54) is 4.90 Å². The maximum atomic E-state index is 14.2. The summed E-state index contributed by atoms with van der Waals surface area (Å²) in [7, 11) is -3.81. The van der Waals surface area contributed by atoms with Crippen LogP contribution in [0.5, 0.6) is 0 Å². The van der Waals surface area contributed by atoms with E-state index < -0.39 is 34.1 Å². The molecule has 7 nitrogen and oxygen atoms in total. The predicted molar refractivity (Wildman–Crippen MR) is 162 cm³/mol. The van der Waals surface area contributed by atoms with Crippen molar-refractivity contribution in [3.05, 3.63) is 101 Å². The lowest BCUT2D eigenvalue weighted by molar-refractivity contribution is -0.140. The lowest BCUT2D eigenvalue weighted by Gasteiger charge is -2.35. The van der Waals surface area contributed by atoms with Crippen molar-refractivity contribution >= 4 is 27.5 Å². The summed E-state index contributed by atoms with van der Waals surface area (Å²) in [6.45, 7) is 11.1. The van der Waals surface area contributed by atoms with Crippen LogP contribution in [-0.2, 0) is 32.6 Å². The highest BCUT2D eigenvalue weighted by atomic mass is 32.2. The molecule has 3 aromatic rings. The van der Waals surface area contributed by atoms with E-state index in [-0.39, 0.29) is 18.9 Å². The molecule has 40 heavy (non-hydrogen) atoms. The second-order valence-corrected chi connectivity index (χ2v) is 13.4. The summed E-state index contributed by atoms with van der Waals surface area (Å²) in [6, 6.07) is 21.9. The van der Waals surface area contributed by atoms with Gasteiger partial charge in [0.1, 0.15) is 12.6 Å². The fraction of sp³-hybridized carbons (Fsp3) is 0.375. The summed E-state index contributed by atoms with van der Waals surface area (Å²) in [5, 5.41) is 3.04. The third kappa shape index (κ3) is 8.68. The highest BCUT2D eigenvalue weighted by Gasteiger charge is 2.34. The Kier molecular flexibility index (Phi) is 9.79. The number of hydrogen-bond donors (Lipinski definition) is 1. The molecule has 0 heterocycles. The minimum atomic E-state index is -3.81. The van der Waals surface area contributed by atoms with Gasteiger partial charge in [-0.05, 0) is 64.3 Å². The topological polar surface area (TPSA) is 86.8 Å². The first-order valence-corrected chi connectivity index (χ1v) is 15.2. The first-order chi connectivity index (χ1) is 18.6. The van der Waals surface area contributed by atoms with Crippen LogP contribution < -0.4 is 9.62 Å². The molecular weight excluding hydrogens is 522 g/mol.